The number of aromatic nitrogens is 2. The molecule has 4 rings (SSSR count). The molecule has 1 aliphatic carbocycles. The number of hydrogen-bond donors (Lipinski definition) is 2. The number of carbonyl (C=O) groups is 1. The lowest BCUT2D eigenvalue weighted by Gasteiger charge is -2.28. The van der Waals surface area contributed by atoms with Crippen LogP contribution < -0.4 is 10.2 Å². The van der Waals surface area contributed by atoms with Gasteiger partial charge in [0.2, 0.25) is 5.95 Å². The van der Waals surface area contributed by atoms with Gasteiger partial charge in [0.05, 0.1) is 23.2 Å². The first-order valence-corrected chi connectivity index (χ1v) is 9.78. The number of aryl methyl sites for hydroxylation is 1. The summed E-state index contributed by atoms with van der Waals surface area (Å²) in [6, 6.07) is 5.89. The van der Waals surface area contributed by atoms with E-state index in [1.165, 1.54) is 0 Å². The third kappa shape index (κ3) is 3.66. The molecular formula is C20H28N4O3. The molecule has 2 aromatic rings. The van der Waals surface area contributed by atoms with Crippen molar-refractivity contribution in [3.63, 3.8) is 0 Å². The van der Waals surface area contributed by atoms with E-state index >= 15 is 0 Å². The maximum Gasteiger partial charge on any atom is 0.251 e. The number of fused-ring (bicyclic) bond motifs is 1. The fraction of sp³-hybridized carbons (Fsp3) is 0.600. The smallest absolute Gasteiger partial charge is 0.251 e. The molecule has 2 aliphatic rings. The molecular weight excluding hydrogens is 344 g/mol. The van der Waals surface area contributed by atoms with E-state index in [4.69, 9.17) is 9.72 Å². The van der Waals surface area contributed by atoms with Gasteiger partial charge in [0, 0.05) is 38.9 Å². The molecule has 7 nitrogen and oxygen atoms in total. The summed E-state index contributed by atoms with van der Waals surface area (Å²) in [4.78, 5) is 19.5. The molecule has 1 saturated carbocycles. The molecule has 2 heterocycles. The molecule has 1 aliphatic heterocycles. The Bertz CT molecular complexity index is 826. The highest BCUT2D eigenvalue weighted by atomic mass is 16.5. The van der Waals surface area contributed by atoms with Gasteiger partial charge in [0.15, 0.2) is 0 Å². The molecule has 2 fully saturated rings. The molecule has 1 saturated heterocycles. The molecule has 1 atom stereocenters. The molecule has 1 aromatic heterocycles. The largest absolute Gasteiger partial charge is 0.391 e. The van der Waals surface area contributed by atoms with Gasteiger partial charge < -0.3 is 24.6 Å². The normalized spacial score (nSPS) is 25.9. The van der Waals surface area contributed by atoms with E-state index in [1.54, 1.807) is 7.11 Å². The predicted octanol–water partition coefficient (Wildman–Crippen LogP) is 1.83. The number of rotatable bonds is 4. The van der Waals surface area contributed by atoms with Crippen molar-refractivity contribution in [2.75, 3.05) is 25.1 Å². The molecule has 1 amide bonds. The lowest BCUT2D eigenvalue weighted by atomic mass is 9.93. The van der Waals surface area contributed by atoms with Gasteiger partial charge in [-0.2, -0.15) is 0 Å². The van der Waals surface area contributed by atoms with Gasteiger partial charge >= 0.3 is 0 Å². The Morgan fingerprint density at radius 2 is 2.04 bits per heavy atom. The van der Waals surface area contributed by atoms with Crippen molar-refractivity contribution in [1.82, 2.24) is 14.9 Å². The van der Waals surface area contributed by atoms with E-state index in [1.807, 2.05) is 29.8 Å². The van der Waals surface area contributed by atoms with Crippen molar-refractivity contribution in [2.24, 2.45) is 7.05 Å². The topological polar surface area (TPSA) is 79.6 Å². The Kier molecular flexibility index (Phi) is 5.06. The third-order valence-corrected chi connectivity index (χ3v) is 5.91. The standard InChI is InChI=1S/C20H28N4O3/c1-23-18-8-3-13(19(26)21-14-4-6-16(27-2)7-5-14)11-17(18)22-20(23)24-10-9-15(25)12-24/h3,8,11,14-16,25H,4-7,9-10,12H2,1-2H3,(H,21,26)/t14?,15-,16?/m0/s1. The molecule has 0 bridgehead atoms. The Balaban J connectivity index is 1.49. The van der Waals surface area contributed by atoms with E-state index in [0.29, 0.717) is 18.2 Å². The van der Waals surface area contributed by atoms with E-state index in [2.05, 4.69) is 10.2 Å². The van der Waals surface area contributed by atoms with Crippen LogP contribution >= 0.6 is 0 Å². The number of amides is 1. The molecule has 2 N–H and O–H groups in total. The minimum absolute atomic E-state index is 0.0402. The minimum Gasteiger partial charge on any atom is -0.391 e. The van der Waals surface area contributed by atoms with Gasteiger partial charge in [-0.05, 0) is 50.3 Å². The molecule has 7 heteroatoms. The van der Waals surface area contributed by atoms with Gasteiger partial charge in [-0.3, -0.25) is 4.79 Å². The highest BCUT2D eigenvalue weighted by Crippen LogP contribution is 2.26. The summed E-state index contributed by atoms with van der Waals surface area (Å²) in [7, 11) is 3.73. The summed E-state index contributed by atoms with van der Waals surface area (Å²) in [6.07, 6.45) is 4.69. The van der Waals surface area contributed by atoms with E-state index in [-0.39, 0.29) is 18.1 Å². The molecule has 0 radical (unpaired) electrons. The lowest BCUT2D eigenvalue weighted by molar-refractivity contribution is 0.0599. The van der Waals surface area contributed by atoms with Crippen molar-refractivity contribution < 1.29 is 14.6 Å². The number of carbonyl (C=O) groups excluding carboxylic acids is 1. The summed E-state index contributed by atoms with van der Waals surface area (Å²) < 4.78 is 7.43. The molecule has 146 valence electrons. The first-order valence-electron chi connectivity index (χ1n) is 9.78. The van der Waals surface area contributed by atoms with Crippen molar-refractivity contribution >= 4 is 22.9 Å². The first kappa shape index (κ1) is 18.3. The Morgan fingerprint density at radius 3 is 2.70 bits per heavy atom. The Morgan fingerprint density at radius 1 is 1.26 bits per heavy atom. The van der Waals surface area contributed by atoms with Crippen LogP contribution in [0.2, 0.25) is 0 Å². The zero-order chi connectivity index (χ0) is 19.0. The van der Waals surface area contributed by atoms with Crippen LogP contribution in [0.15, 0.2) is 18.2 Å². The number of ether oxygens (including phenoxy) is 1. The second kappa shape index (κ2) is 7.48. The maximum absolute atomic E-state index is 12.7. The number of imidazole rings is 1. The van der Waals surface area contributed by atoms with E-state index in [0.717, 1.165) is 55.6 Å². The molecule has 27 heavy (non-hydrogen) atoms. The second-order valence-corrected chi connectivity index (χ2v) is 7.75. The lowest BCUT2D eigenvalue weighted by Crippen LogP contribution is -2.38. The van der Waals surface area contributed by atoms with Crippen LogP contribution in [0, 0.1) is 0 Å². The van der Waals surface area contributed by atoms with Crippen LogP contribution in [0.3, 0.4) is 0 Å². The van der Waals surface area contributed by atoms with Crippen LogP contribution in [-0.4, -0.2) is 59.0 Å². The number of β-amino-alcohol motifs (C(OH)–C–C–N with tert-alkyl or cyclic N) is 1. The SMILES string of the molecule is COC1CCC(NC(=O)c2ccc3c(c2)nc(N2CC[C@H](O)C2)n3C)CC1. The van der Waals surface area contributed by atoms with Crippen LogP contribution in [0.5, 0.6) is 0 Å². The summed E-state index contributed by atoms with van der Waals surface area (Å²) in [5.74, 6) is 0.804. The highest BCUT2D eigenvalue weighted by Gasteiger charge is 2.25. The fourth-order valence-corrected chi connectivity index (χ4v) is 4.25. The molecule has 0 spiro atoms. The van der Waals surface area contributed by atoms with Crippen LogP contribution in [0.25, 0.3) is 11.0 Å². The zero-order valence-electron chi connectivity index (χ0n) is 16.0. The number of nitrogens with one attached hydrogen (secondary N) is 1. The van der Waals surface area contributed by atoms with Crippen LogP contribution in [-0.2, 0) is 11.8 Å². The number of aliphatic hydroxyl groups is 1. The zero-order valence-corrected chi connectivity index (χ0v) is 16.0. The van der Waals surface area contributed by atoms with Gasteiger partial charge in [-0.25, -0.2) is 4.98 Å². The molecule has 1 aromatic carbocycles. The number of nitrogens with zero attached hydrogens (tertiary/aromatic N) is 3. The van der Waals surface area contributed by atoms with E-state index < -0.39 is 0 Å². The fourth-order valence-electron chi connectivity index (χ4n) is 4.25. The molecule has 0 unspecified atom stereocenters. The van der Waals surface area contributed by atoms with Crippen LogP contribution in [0.4, 0.5) is 5.95 Å². The average Bonchev–Trinajstić information content (AvgIpc) is 3.25. The Hall–Kier alpha value is -2.12. The van der Waals surface area contributed by atoms with Gasteiger partial charge in [-0.1, -0.05) is 0 Å². The number of aliphatic hydroxyl groups excluding tert-OH is 1. The maximum atomic E-state index is 12.7. The van der Waals surface area contributed by atoms with Crippen molar-refractivity contribution in [2.45, 2.75) is 50.4 Å². The first-order chi connectivity index (χ1) is 13.0. The number of hydrogen-bond acceptors (Lipinski definition) is 5. The number of benzene rings is 1. The second-order valence-electron chi connectivity index (χ2n) is 7.75. The van der Waals surface area contributed by atoms with Gasteiger partial charge in [0.25, 0.3) is 5.91 Å². The van der Waals surface area contributed by atoms with Crippen LogP contribution in [0.1, 0.15) is 42.5 Å². The summed E-state index contributed by atoms with van der Waals surface area (Å²) in [5, 5.41) is 12.9. The monoisotopic (exact) mass is 372 g/mol. The summed E-state index contributed by atoms with van der Waals surface area (Å²) >= 11 is 0. The van der Waals surface area contributed by atoms with Gasteiger partial charge in [0.1, 0.15) is 0 Å². The number of anilines is 1. The summed E-state index contributed by atoms with van der Waals surface area (Å²) in [5.41, 5.74) is 2.44. The third-order valence-electron chi connectivity index (χ3n) is 5.91. The number of methoxy groups -OCH3 is 1. The average molecular weight is 372 g/mol. The van der Waals surface area contributed by atoms with E-state index in [9.17, 15) is 9.90 Å². The minimum atomic E-state index is -0.292. The van der Waals surface area contributed by atoms with Gasteiger partial charge in [-0.15, -0.1) is 0 Å². The Labute approximate surface area is 159 Å². The van der Waals surface area contributed by atoms with Crippen molar-refractivity contribution in [1.29, 1.82) is 0 Å². The highest BCUT2D eigenvalue weighted by molar-refractivity contribution is 5.97. The predicted molar refractivity (Wildman–Crippen MR) is 104 cm³/mol. The quantitative estimate of drug-likeness (QED) is 0.856. The van der Waals surface area contributed by atoms with Crippen molar-refractivity contribution in [3.8, 4) is 0 Å². The summed E-state index contributed by atoms with van der Waals surface area (Å²) in [6.45, 7) is 1.41. The van der Waals surface area contributed by atoms with Crippen molar-refractivity contribution in [3.05, 3.63) is 23.8 Å².